The van der Waals surface area contributed by atoms with Crippen LogP contribution in [0.5, 0.6) is 0 Å². The third-order valence-electron chi connectivity index (χ3n) is 4.37. The van der Waals surface area contributed by atoms with E-state index in [2.05, 4.69) is 10.3 Å². The van der Waals surface area contributed by atoms with Gasteiger partial charge < -0.3 is 10.3 Å². The monoisotopic (exact) mass is 353 g/mol. The molecular formula is C16H20FN3O3S. The number of para-hydroxylation sites is 1. The first kappa shape index (κ1) is 17.1. The number of piperidine rings is 1. The molecule has 0 atom stereocenters. The van der Waals surface area contributed by atoms with Gasteiger partial charge in [0, 0.05) is 42.8 Å². The molecule has 1 aromatic heterocycles. The molecule has 1 aliphatic heterocycles. The molecule has 2 aromatic rings. The summed E-state index contributed by atoms with van der Waals surface area (Å²) in [5, 5.41) is 3.64. The lowest BCUT2D eigenvalue weighted by Gasteiger charge is -2.30. The van der Waals surface area contributed by atoms with Crippen molar-refractivity contribution in [2.24, 2.45) is 0 Å². The van der Waals surface area contributed by atoms with Crippen molar-refractivity contribution in [3.8, 4) is 0 Å². The van der Waals surface area contributed by atoms with Crippen LogP contribution in [-0.2, 0) is 16.6 Å². The number of aromatic nitrogens is 1. The fourth-order valence-corrected chi connectivity index (χ4v) is 3.90. The second kappa shape index (κ2) is 6.62. The van der Waals surface area contributed by atoms with Gasteiger partial charge in [0.15, 0.2) is 5.43 Å². The summed E-state index contributed by atoms with van der Waals surface area (Å²) >= 11 is 0. The molecule has 2 heterocycles. The Labute approximate surface area is 139 Å². The number of nitrogens with one attached hydrogen (secondary N) is 2. The average Bonchev–Trinajstić information content (AvgIpc) is 2.53. The number of rotatable bonds is 4. The number of hydrogen-bond acceptors (Lipinski definition) is 4. The Kier molecular flexibility index (Phi) is 4.71. The van der Waals surface area contributed by atoms with Crippen molar-refractivity contribution in [3.63, 3.8) is 0 Å². The largest absolute Gasteiger partial charge is 0.355 e. The summed E-state index contributed by atoms with van der Waals surface area (Å²) in [5.41, 5.74) is 0.615. The summed E-state index contributed by atoms with van der Waals surface area (Å²) < 4.78 is 38.3. The fraction of sp³-hybridized carbons (Fsp3) is 0.438. The third kappa shape index (κ3) is 3.66. The molecule has 1 aliphatic rings. The van der Waals surface area contributed by atoms with E-state index < -0.39 is 15.8 Å². The van der Waals surface area contributed by atoms with E-state index in [0.717, 1.165) is 0 Å². The summed E-state index contributed by atoms with van der Waals surface area (Å²) in [4.78, 5) is 15.0. The number of aromatic amines is 1. The third-order valence-corrected chi connectivity index (χ3v) is 5.68. The van der Waals surface area contributed by atoms with Crippen LogP contribution < -0.4 is 10.7 Å². The van der Waals surface area contributed by atoms with E-state index in [4.69, 9.17) is 0 Å². The molecule has 1 fully saturated rings. The molecule has 2 N–H and O–H groups in total. The Balaban J connectivity index is 1.67. The molecule has 6 nitrogen and oxygen atoms in total. The highest BCUT2D eigenvalue weighted by molar-refractivity contribution is 7.88. The van der Waals surface area contributed by atoms with Crippen LogP contribution in [0.15, 0.2) is 29.1 Å². The van der Waals surface area contributed by atoms with Gasteiger partial charge in [-0.2, -0.15) is 0 Å². The van der Waals surface area contributed by atoms with Crippen molar-refractivity contribution in [2.45, 2.75) is 25.4 Å². The molecule has 0 saturated carbocycles. The van der Waals surface area contributed by atoms with E-state index in [9.17, 15) is 17.6 Å². The Bertz CT molecular complexity index is 902. The normalized spacial score (nSPS) is 17.4. The van der Waals surface area contributed by atoms with Crippen LogP contribution in [0.2, 0.25) is 0 Å². The maximum atomic E-state index is 13.8. The zero-order valence-electron chi connectivity index (χ0n) is 13.4. The number of H-pyrrole nitrogens is 1. The van der Waals surface area contributed by atoms with Gasteiger partial charge in [0.2, 0.25) is 10.0 Å². The molecule has 3 rings (SSSR count). The molecule has 0 aliphatic carbocycles. The molecule has 0 radical (unpaired) electrons. The van der Waals surface area contributed by atoms with Gasteiger partial charge in [-0.25, -0.2) is 17.1 Å². The van der Waals surface area contributed by atoms with Crippen molar-refractivity contribution < 1.29 is 12.8 Å². The van der Waals surface area contributed by atoms with Gasteiger partial charge >= 0.3 is 0 Å². The van der Waals surface area contributed by atoms with E-state index in [-0.39, 0.29) is 17.0 Å². The van der Waals surface area contributed by atoms with Crippen LogP contribution in [0, 0.1) is 5.82 Å². The molecule has 24 heavy (non-hydrogen) atoms. The summed E-state index contributed by atoms with van der Waals surface area (Å²) in [7, 11) is -3.13. The minimum atomic E-state index is -3.13. The van der Waals surface area contributed by atoms with Crippen LogP contribution in [-0.4, -0.2) is 43.1 Å². The van der Waals surface area contributed by atoms with Gasteiger partial charge in [0.1, 0.15) is 5.82 Å². The Hall–Kier alpha value is -1.77. The number of sulfonamides is 1. The zero-order valence-corrected chi connectivity index (χ0v) is 14.2. The highest BCUT2D eigenvalue weighted by Gasteiger charge is 2.24. The number of pyridine rings is 1. The lowest BCUT2D eigenvalue weighted by molar-refractivity contribution is 0.289. The second-order valence-electron chi connectivity index (χ2n) is 6.14. The van der Waals surface area contributed by atoms with E-state index in [1.54, 1.807) is 6.07 Å². The van der Waals surface area contributed by atoms with Crippen molar-refractivity contribution in [2.75, 3.05) is 19.3 Å². The minimum Gasteiger partial charge on any atom is -0.355 e. The van der Waals surface area contributed by atoms with Gasteiger partial charge in [0.05, 0.1) is 11.8 Å². The van der Waals surface area contributed by atoms with Crippen LogP contribution in [0.3, 0.4) is 0 Å². The lowest BCUT2D eigenvalue weighted by Crippen LogP contribution is -2.44. The average molecular weight is 353 g/mol. The first-order valence-electron chi connectivity index (χ1n) is 7.83. The summed E-state index contributed by atoms with van der Waals surface area (Å²) in [6, 6.07) is 6.06. The first-order valence-corrected chi connectivity index (χ1v) is 9.68. The maximum absolute atomic E-state index is 13.8. The van der Waals surface area contributed by atoms with Crippen molar-refractivity contribution in [3.05, 3.63) is 46.0 Å². The Morgan fingerprint density at radius 2 is 2.04 bits per heavy atom. The predicted molar refractivity (Wildman–Crippen MR) is 90.8 cm³/mol. The quantitative estimate of drug-likeness (QED) is 0.865. The van der Waals surface area contributed by atoms with Crippen molar-refractivity contribution >= 4 is 20.9 Å². The van der Waals surface area contributed by atoms with E-state index >= 15 is 0 Å². The maximum Gasteiger partial charge on any atom is 0.211 e. The number of fused-ring (bicyclic) bond motifs is 1. The van der Waals surface area contributed by atoms with Gasteiger partial charge in [0.25, 0.3) is 0 Å². The van der Waals surface area contributed by atoms with Gasteiger partial charge in [-0.15, -0.1) is 0 Å². The molecule has 0 unspecified atom stereocenters. The highest BCUT2D eigenvalue weighted by Crippen LogP contribution is 2.15. The summed E-state index contributed by atoms with van der Waals surface area (Å²) in [6.07, 6.45) is 2.63. The number of benzene rings is 1. The molecule has 1 saturated heterocycles. The topological polar surface area (TPSA) is 82.3 Å². The smallest absolute Gasteiger partial charge is 0.211 e. The van der Waals surface area contributed by atoms with Crippen molar-refractivity contribution in [1.29, 1.82) is 0 Å². The van der Waals surface area contributed by atoms with Crippen LogP contribution in [0.25, 0.3) is 10.9 Å². The molecular weight excluding hydrogens is 333 g/mol. The molecule has 0 amide bonds. The van der Waals surface area contributed by atoms with Gasteiger partial charge in [-0.1, -0.05) is 6.07 Å². The zero-order chi connectivity index (χ0) is 17.3. The molecule has 0 bridgehead atoms. The molecule has 0 spiro atoms. The first-order chi connectivity index (χ1) is 11.3. The molecule has 8 heteroatoms. The Morgan fingerprint density at radius 3 is 2.71 bits per heavy atom. The van der Waals surface area contributed by atoms with Crippen LogP contribution in [0.4, 0.5) is 4.39 Å². The number of hydrogen-bond donors (Lipinski definition) is 2. The second-order valence-corrected chi connectivity index (χ2v) is 8.12. The van der Waals surface area contributed by atoms with Crippen LogP contribution in [0.1, 0.15) is 18.5 Å². The molecule has 1 aromatic carbocycles. The van der Waals surface area contributed by atoms with Gasteiger partial charge in [-0.3, -0.25) is 4.79 Å². The van der Waals surface area contributed by atoms with E-state index in [1.807, 2.05) is 0 Å². The Morgan fingerprint density at radius 1 is 1.33 bits per heavy atom. The fourth-order valence-electron chi connectivity index (χ4n) is 3.03. The lowest BCUT2D eigenvalue weighted by atomic mass is 10.1. The minimum absolute atomic E-state index is 0.169. The number of nitrogens with zero attached hydrogens (tertiary/aromatic N) is 1. The highest BCUT2D eigenvalue weighted by atomic mass is 32.2. The molecule has 130 valence electrons. The van der Waals surface area contributed by atoms with E-state index in [1.165, 1.54) is 28.8 Å². The standard InChI is InChI=1S/C16H20FN3O3S/c1-24(22,23)20-7-5-11(6-8-20)18-10-12-9-15(21)13-3-2-4-14(17)16(13)19-12/h2-4,9,11,18H,5-8,10H2,1H3,(H,19,21). The van der Waals surface area contributed by atoms with Crippen LogP contribution >= 0.6 is 0 Å². The summed E-state index contributed by atoms with van der Waals surface area (Å²) in [6.45, 7) is 1.38. The van der Waals surface area contributed by atoms with E-state index in [0.29, 0.717) is 43.6 Å². The van der Waals surface area contributed by atoms with Crippen molar-refractivity contribution in [1.82, 2.24) is 14.6 Å². The van der Waals surface area contributed by atoms with Gasteiger partial charge in [-0.05, 0) is 25.0 Å². The number of halogens is 1. The summed E-state index contributed by atoms with van der Waals surface area (Å²) in [5.74, 6) is -0.451. The predicted octanol–water partition coefficient (Wildman–Crippen LogP) is 1.18. The SMILES string of the molecule is CS(=O)(=O)N1CCC(NCc2cc(=O)c3cccc(F)c3[nH]2)CC1.